The Morgan fingerprint density at radius 2 is 2.11 bits per heavy atom. The normalized spacial score (nSPS) is 11.6. The summed E-state index contributed by atoms with van der Waals surface area (Å²) in [5, 5.41) is 20.4. The highest BCUT2D eigenvalue weighted by atomic mass is 35.5. The molecule has 0 aromatic heterocycles. The van der Waals surface area contributed by atoms with Crippen LogP contribution in [0.1, 0.15) is 19.4 Å². The summed E-state index contributed by atoms with van der Waals surface area (Å²) in [6, 6.07) is 4.24. The van der Waals surface area contributed by atoms with Crippen LogP contribution in [0.15, 0.2) is 18.2 Å². The van der Waals surface area contributed by atoms with E-state index < -0.39 is 16.4 Å². The number of nitro groups is 1. The molecule has 1 aromatic rings. The molecule has 104 valence electrons. The Hall–Kier alpha value is -1.66. The number of aliphatic carboxylic acids is 1. The minimum absolute atomic E-state index is 0.0718. The van der Waals surface area contributed by atoms with Gasteiger partial charge in [0.1, 0.15) is 5.54 Å². The predicted octanol–water partition coefficient (Wildman–Crippen LogP) is 2.54. The van der Waals surface area contributed by atoms with E-state index in [0.29, 0.717) is 10.6 Å². The molecular weight excluding hydrogens is 272 g/mol. The van der Waals surface area contributed by atoms with E-state index in [4.69, 9.17) is 16.7 Å². The highest BCUT2D eigenvalue weighted by molar-refractivity contribution is 6.30. The Labute approximate surface area is 115 Å². The molecule has 0 saturated heterocycles. The Morgan fingerprint density at radius 3 is 2.58 bits per heavy atom. The van der Waals surface area contributed by atoms with Crippen molar-refractivity contribution < 1.29 is 14.8 Å². The maximum absolute atomic E-state index is 11.1. The van der Waals surface area contributed by atoms with Crippen molar-refractivity contribution in [3.63, 3.8) is 0 Å². The van der Waals surface area contributed by atoms with Gasteiger partial charge >= 0.3 is 5.97 Å². The summed E-state index contributed by atoms with van der Waals surface area (Å²) in [4.78, 5) is 23.1. The second-order valence-corrected chi connectivity index (χ2v) is 5.19. The van der Waals surface area contributed by atoms with E-state index in [1.807, 2.05) is 0 Å². The van der Waals surface area contributed by atoms with Crippen molar-refractivity contribution in [1.82, 2.24) is 4.90 Å². The maximum atomic E-state index is 11.1. The average Bonchev–Trinajstić information content (AvgIpc) is 2.28. The number of carboxylic acids is 1. The molecule has 0 bridgehead atoms. The molecular formula is C12H15ClN2O4. The summed E-state index contributed by atoms with van der Waals surface area (Å²) in [6.07, 6.45) is 0. The molecule has 7 heteroatoms. The van der Waals surface area contributed by atoms with E-state index in [9.17, 15) is 14.9 Å². The van der Waals surface area contributed by atoms with Crippen LogP contribution in [0.2, 0.25) is 5.02 Å². The largest absolute Gasteiger partial charge is 0.480 e. The quantitative estimate of drug-likeness (QED) is 0.664. The van der Waals surface area contributed by atoms with E-state index in [1.165, 1.54) is 36.9 Å². The van der Waals surface area contributed by atoms with Crippen molar-refractivity contribution in [2.45, 2.75) is 25.9 Å². The minimum atomic E-state index is -1.13. The van der Waals surface area contributed by atoms with Gasteiger partial charge in [-0.15, -0.1) is 0 Å². The van der Waals surface area contributed by atoms with Gasteiger partial charge in [0.15, 0.2) is 0 Å². The third-order valence-corrected chi connectivity index (χ3v) is 3.36. The van der Waals surface area contributed by atoms with Crippen LogP contribution in [0.5, 0.6) is 0 Å². The van der Waals surface area contributed by atoms with Gasteiger partial charge in [0.2, 0.25) is 0 Å². The van der Waals surface area contributed by atoms with E-state index in [-0.39, 0.29) is 12.2 Å². The molecule has 0 heterocycles. The molecule has 0 spiro atoms. The van der Waals surface area contributed by atoms with Crippen molar-refractivity contribution in [3.05, 3.63) is 38.9 Å². The van der Waals surface area contributed by atoms with Crippen LogP contribution in [0.25, 0.3) is 0 Å². The Kier molecular flexibility index (Phi) is 4.49. The van der Waals surface area contributed by atoms with Gasteiger partial charge in [-0.05, 0) is 33.0 Å². The van der Waals surface area contributed by atoms with Gasteiger partial charge in [-0.3, -0.25) is 19.8 Å². The molecule has 0 aliphatic rings. The van der Waals surface area contributed by atoms with E-state index in [0.717, 1.165) is 0 Å². The lowest BCUT2D eigenvalue weighted by atomic mass is 10.0. The predicted molar refractivity (Wildman–Crippen MR) is 71.3 cm³/mol. The summed E-state index contributed by atoms with van der Waals surface area (Å²) in [6.45, 7) is 3.19. The summed E-state index contributed by atoms with van der Waals surface area (Å²) in [5.41, 5.74) is -0.817. The molecule has 0 saturated carbocycles. The van der Waals surface area contributed by atoms with Crippen LogP contribution in [0.3, 0.4) is 0 Å². The van der Waals surface area contributed by atoms with Gasteiger partial charge < -0.3 is 5.11 Å². The fraction of sp³-hybridized carbons (Fsp3) is 0.417. The van der Waals surface area contributed by atoms with Crippen molar-refractivity contribution in [2.75, 3.05) is 7.05 Å². The van der Waals surface area contributed by atoms with Gasteiger partial charge in [-0.2, -0.15) is 0 Å². The molecule has 0 radical (unpaired) electrons. The highest BCUT2D eigenvalue weighted by Gasteiger charge is 2.33. The van der Waals surface area contributed by atoms with Crippen LogP contribution in [-0.4, -0.2) is 33.5 Å². The summed E-state index contributed by atoms with van der Waals surface area (Å²) < 4.78 is 0. The molecule has 6 nitrogen and oxygen atoms in total. The number of nitrogens with zero attached hydrogens (tertiary/aromatic N) is 2. The fourth-order valence-electron chi connectivity index (χ4n) is 1.48. The Bertz CT molecular complexity index is 516. The van der Waals surface area contributed by atoms with E-state index in [2.05, 4.69) is 0 Å². The lowest BCUT2D eigenvalue weighted by Crippen LogP contribution is -2.47. The van der Waals surface area contributed by atoms with E-state index in [1.54, 1.807) is 7.05 Å². The molecule has 0 atom stereocenters. The zero-order valence-corrected chi connectivity index (χ0v) is 11.6. The first-order valence-electron chi connectivity index (χ1n) is 5.53. The summed E-state index contributed by atoms with van der Waals surface area (Å²) in [5.74, 6) is -1.00. The van der Waals surface area contributed by atoms with Crippen LogP contribution in [0, 0.1) is 10.1 Å². The van der Waals surface area contributed by atoms with Crippen LogP contribution >= 0.6 is 11.6 Å². The Morgan fingerprint density at radius 1 is 1.53 bits per heavy atom. The van der Waals surface area contributed by atoms with Gasteiger partial charge in [0.05, 0.1) is 4.92 Å². The second kappa shape index (κ2) is 5.54. The molecule has 0 aliphatic heterocycles. The van der Waals surface area contributed by atoms with Gasteiger partial charge in [0.25, 0.3) is 5.69 Å². The number of hydrogen-bond donors (Lipinski definition) is 1. The topological polar surface area (TPSA) is 83.7 Å². The molecule has 19 heavy (non-hydrogen) atoms. The van der Waals surface area contributed by atoms with Crippen molar-refractivity contribution >= 4 is 23.3 Å². The van der Waals surface area contributed by atoms with Crippen LogP contribution < -0.4 is 0 Å². The second-order valence-electron chi connectivity index (χ2n) is 4.75. The third kappa shape index (κ3) is 3.42. The van der Waals surface area contributed by atoms with Gasteiger partial charge in [-0.25, -0.2) is 0 Å². The number of carboxylic acid groups (broad SMARTS) is 1. The zero-order valence-electron chi connectivity index (χ0n) is 10.9. The van der Waals surface area contributed by atoms with Crippen LogP contribution in [-0.2, 0) is 11.3 Å². The van der Waals surface area contributed by atoms with Crippen molar-refractivity contribution in [1.29, 1.82) is 0 Å². The molecule has 0 fully saturated rings. The van der Waals surface area contributed by atoms with Crippen molar-refractivity contribution in [3.8, 4) is 0 Å². The number of halogens is 1. The molecule has 0 aliphatic carbocycles. The van der Waals surface area contributed by atoms with Crippen molar-refractivity contribution in [2.24, 2.45) is 0 Å². The van der Waals surface area contributed by atoms with Gasteiger partial charge in [-0.1, -0.05) is 11.6 Å². The maximum Gasteiger partial charge on any atom is 0.323 e. The Balaban J connectivity index is 3.09. The van der Waals surface area contributed by atoms with Gasteiger partial charge in [0, 0.05) is 23.2 Å². The zero-order chi connectivity index (χ0) is 14.8. The lowest BCUT2D eigenvalue weighted by molar-refractivity contribution is -0.385. The van der Waals surface area contributed by atoms with E-state index >= 15 is 0 Å². The fourth-order valence-corrected chi connectivity index (χ4v) is 1.67. The number of rotatable bonds is 5. The molecule has 0 amide bonds. The number of hydrogen-bond acceptors (Lipinski definition) is 4. The first kappa shape index (κ1) is 15.4. The SMILES string of the molecule is CN(Cc1cc(Cl)ccc1[N+](=O)[O-])C(C)(C)C(=O)O. The monoisotopic (exact) mass is 286 g/mol. The standard InChI is InChI=1S/C12H15ClN2O4/c1-12(2,11(16)17)14(3)7-8-6-9(13)4-5-10(8)15(18)19/h4-6H,7H2,1-3H3,(H,16,17). The highest BCUT2D eigenvalue weighted by Crippen LogP contribution is 2.26. The molecule has 1 aromatic carbocycles. The number of carbonyl (C=O) groups is 1. The molecule has 1 N–H and O–H groups in total. The number of benzene rings is 1. The van der Waals surface area contributed by atoms with Crippen LogP contribution in [0.4, 0.5) is 5.69 Å². The summed E-state index contributed by atoms with van der Waals surface area (Å²) in [7, 11) is 1.60. The molecule has 0 unspecified atom stereocenters. The summed E-state index contributed by atoms with van der Waals surface area (Å²) >= 11 is 5.82. The first-order chi connectivity index (χ1) is 8.66. The number of nitro benzene ring substituents is 1. The smallest absolute Gasteiger partial charge is 0.323 e. The average molecular weight is 287 g/mol. The lowest BCUT2D eigenvalue weighted by Gasteiger charge is -2.31. The molecule has 1 rings (SSSR count). The minimum Gasteiger partial charge on any atom is -0.480 e. The first-order valence-corrected chi connectivity index (χ1v) is 5.91. The number of likely N-dealkylation sites (N-methyl/N-ethyl adjacent to an activating group) is 1. The third-order valence-electron chi connectivity index (χ3n) is 3.12.